The molecule has 1 atom stereocenters. The standard InChI is InChI=1S/C20H25F2N3O2.HI/c1-3-23-19(25-14-20(2,26)15-7-5-4-6-8-15)24-11-12-27-18-10-9-16(21)13-17(18)22;/h4-10,13,26H,3,11-12,14H2,1-2H3,(H2,23,24,25);1H. The van der Waals surface area contributed by atoms with E-state index in [1.165, 1.54) is 6.07 Å². The smallest absolute Gasteiger partial charge is 0.191 e. The Balaban J connectivity index is 0.00000392. The van der Waals surface area contributed by atoms with Crippen LogP contribution in [0.2, 0.25) is 0 Å². The van der Waals surface area contributed by atoms with Gasteiger partial charge in [0, 0.05) is 12.6 Å². The lowest BCUT2D eigenvalue weighted by molar-refractivity contribution is 0.0672. The molecule has 0 saturated carbocycles. The molecule has 3 N–H and O–H groups in total. The van der Waals surface area contributed by atoms with E-state index >= 15 is 0 Å². The number of hydrogen-bond acceptors (Lipinski definition) is 3. The molecule has 0 radical (unpaired) electrons. The zero-order valence-corrected chi connectivity index (χ0v) is 18.2. The van der Waals surface area contributed by atoms with Crippen LogP contribution in [0.5, 0.6) is 5.75 Å². The first kappa shape index (κ1) is 24.1. The van der Waals surface area contributed by atoms with Gasteiger partial charge in [0.1, 0.15) is 18.0 Å². The van der Waals surface area contributed by atoms with E-state index in [1.807, 2.05) is 37.3 Å². The predicted octanol–water partition coefficient (Wildman–Crippen LogP) is 3.42. The van der Waals surface area contributed by atoms with Gasteiger partial charge in [0.25, 0.3) is 0 Å². The molecule has 0 amide bonds. The lowest BCUT2D eigenvalue weighted by Gasteiger charge is -2.22. The topological polar surface area (TPSA) is 65.9 Å². The van der Waals surface area contributed by atoms with E-state index in [0.29, 0.717) is 19.0 Å². The van der Waals surface area contributed by atoms with Crippen molar-refractivity contribution in [2.75, 3.05) is 26.2 Å². The van der Waals surface area contributed by atoms with Gasteiger partial charge < -0.3 is 20.5 Å². The lowest BCUT2D eigenvalue weighted by Crippen LogP contribution is -2.40. The number of halogens is 3. The number of aliphatic imine (C=N–C) groups is 1. The van der Waals surface area contributed by atoms with E-state index in [9.17, 15) is 13.9 Å². The van der Waals surface area contributed by atoms with Crippen molar-refractivity contribution < 1.29 is 18.6 Å². The predicted molar refractivity (Wildman–Crippen MR) is 117 cm³/mol. The van der Waals surface area contributed by atoms with Crippen molar-refractivity contribution in [2.24, 2.45) is 4.99 Å². The Morgan fingerprint density at radius 2 is 1.86 bits per heavy atom. The van der Waals surface area contributed by atoms with Crippen LogP contribution in [0.25, 0.3) is 0 Å². The summed E-state index contributed by atoms with van der Waals surface area (Å²) in [6, 6.07) is 12.5. The van der Waals surface area contributed by atoms with Gasteiger partial charge in [0.15, 0.2) is 17.5 Å². The molecular formula is C20H26F2IN3O2. The van der Waals surface area contributed by atoms with Gasteiger partial charge in [0.2, 0.25) is 0 Å². The number of aliphatic hydroxyl groups is 1. The SMILES string of the molecule is CCNC(=NCC(C)(O)c1ccccc1)NCCOc1ccc(F)cc1F.I. The number of rotatable bonds is 8. The van der Waals surface area contributed by atoms with Gasteiger partial charge in [-0.15, -0.1) is 24.0 Å². The van der Waals surface area contributed by atoms with E-state index in [2.05, 4.69) is 15.6 Å². The van der Waals surface area contributed by atoms with Crippen molar-refractivity contribution >= 4 is 29.9 Å². The van der Waals surface area contributed by atoms with Crippen LogP contribution in [0.4, 0.5) is 8.78 Å². The van der Waals surface area contributed by atoms with Gasteiger partial charge in [-0.2, -0.15) is 0 Å². The van der Waals surface area contributed by atoms with Gasteiger partial charge in [0.05, 0.1) is 13.1 Å². The Morgan fingerprint density at radius 3 is 2.50 bits per heavy atom. The van der Waals surface area contributed by atoms with Crippen LogP contribution in [0.15, 0.2) is 53.5 Å². The summed E-state index contributed by atoms with van der Waals surface area (Å²) >= 11 is 0. The lowest BCUT2D eigenvalue weighted by atomic mass is 9.96. The molecule has 0 aliphatic heterocycles. The van der Waals surface area contributed by atoms with E-state index in [4.69, 9.17) is 4.74 Å². The number of nitrogens with one attached hydrogen (secondary N) is 2. The van der Waals surface area contributed by atoms with Crippen LogP contribution in [-0.2, 0) is 5.60 Å². The maximum Gasteiger partial charge on any atom is 0.191 e. The summed E-state index contributed by atoms with van der Waals surface area (Å²) in [5, 5.41) is 16.7. The first-order valence-electron chi connectivity index (χ1n) is 8.80. The third-order valence-electron chi connectivity index (χ3n) is 3.83. The highest BCUT2D eigenvalue weighted by atomic mass is 127. The largest absolute Gasteiger partial charge is 0.489 e. The van der Waals surface area contributed by atoms with Crippen LogP contribution < -0.4 is 15.4 Å². The number of hydrogen-bond donors (Lipinski definition) is 3. The molecule has 0 aliphatic carbocycles. The average Bonchev–Trinajstić information content (AvgIpc) is 2.65. The first-order chi connectivity index (χ1) is 12.9. The highest BCUT2D eigenvalue weighted by Crippen LogP contribution is 2.20. The van der Waals surface area contributed by atoms with Crippen molar-refractivity contribution in [3.8, 4) is 5.75 Å². The highest BCUT2D eigenvalue weighted by molar-refractivity contribution is 14.0. The molecule has 0 fully saturated rings. The Labute approximate surface area is 181 Å². The summed E-state index contributed by atoms with van der Waals surface area (Å²) in [5.41, 5.74) is -0.322. The first-order valence-corrected chi connectivity index (χ1v) is 8.80. The Kier molecular flexibility index (Phi) is 10.2. The van der Waals surface area contributed by atoms with Crippen molar-refractivity contribution in [3.63, 3.8) is 0 Å². The quantitative estimate of drug-likeness (QED) is 0.223. The van der Waals surface area contributed by atoms with Crippen LogP contribution >= 0.6 is 24.0 Å². The second-order valence-electron chi connectivity index (χ2n) is 6.19. The maximum absolute atomic E-state index is 13.5. The summed E-state index contributed by atoms with van der Waals surface area (Å²) in [6.45, 7) is 4.97. The molecule has 2 rings (SSSR count). The van der Waals surface area contributed by atoms with Gasteiger partial charge in [-0.1, -0.05) is 30.3 Å². The van der Waals surface area contributed by atoms with Crippen LogP contribution in [0, 0.1) is 11.6 Å². The minimum atomic E-state index is -1.10. The fourth-order valence-corrected chi connectivity index (χ4v) is 2.39. The zero-order valence-electron chi connectivity index (χ0n) is 15.9. The van der Waals surface area contributed by atoms with E-state index < -0.39 is 17.2 Å². The fraction of sp³-hybridized carbons (Fsp3) is 0.350. The van der Waals surface area contributed by atoms with Crippen LogP contribution in [0.1, 0.15) is 19.4 Å². The highest BCUT2D eigenvalue weighted by Gasteiger charge is 2.22. The van der Waals surface area contributed by atoms with Gasteiger partial charge in [-0.05, 0) is 31.5 Å². The molecule has 1 unspecified atom stereocenters. The number of guanidine groups is 1. The number of ether oxygens (including phenoxy) is 1. The molecule has 154 valence electrons. The minimum Gasteiger partial charge on any atom is -0.489 e. The molecule has 0 spiro atoms. The second kappa shape index (κ2) is 11.8. The minimum absolute atomic E-state index is 0. The van der Waals surface area contributed by atoms with Gasteiger partial charge in [-0.25, -0.2) is 13.8 Å². The monoisotopic (exact) mass is 505 g/mol. The average molecular weight is 505 g/mol. The molecular weight excluding hydrogens is 479 g/mol. The normalized spacial score (nSPS) is 13.2. The molecule has 0 saturated heterocycles. The number of benzene rings is 2. The van der Waals surface area contributed by atoms with Crippen molar-refractivity contribution in [1.82, 2.24) is 10.6 Å². The summed E-state index contributed by atoms with van der Waals surface area (Å²) in [7, 11) is 0. The van der Waals surface area contributed by atoms with E-state index in [0.717, 1.165) is 17.7 Å². The third kappa shape index (κ3) is 7.59. The van der Waals surface area contributed by atoms with Gasteiger partial charge >= 0.3 is 0 Å². The second-order valence-corrected chi connectivity index (χ2v) is 6.19. The fourth-order valence-electron chi connectivity index (χ4n) is 2.39. The molecule has 2 aromatic rings. The zero-order chi connectivity index (χ0) is 19.7. The molecule has 0 aromatic heterocycles. The van der Waals surface area contributed by atoms with Crippen LogP contribution in [-0.4, -0.2) is 37.3 Å². The summed E-state index contributed by atoms with van der Waals surface area (Å²) in [6.07, 6.45) is 0. The van der Waals surface area contributed by atoms with Gasteiger partial charge in [-0.3, -0.25) is 0 Å². The molecule has 0 aliphatic rings. The Morgan fingerprint density at radius 1 is 1.14 bits per heavy atom. The maximum atomic E-state index is 13.5. The third-order valence-corrected chi connectivity index (χ3v) is 3.83. The van der Waals surface area contributed by atoms with Crippen molar-refractivity contribution in [1.29, 1.82) is 0 Å². The van der Waals surface area contributed by atoms with E-state index in [1.54, 1.807) is 6.92 Å². The molecule has 28 heavy (non-hydrogen) atoms. The van der Waals surface area contributed by atoms with Crippen LogP contribution in [0.3, 0.4) is 0 Å². The molecule has 8 heteroatoms. The Bertz CT molecular complexity index is 758. The van der Waals surface area contributed by atoms with Crippen molar-refractivity contribution in [3.05, 3.63) is 65.7 Å². The summed E-state index contributed by atoms with van der Waals surface area (Å²) in [4.78, 5) is 4.40. The number of nitrogens with zero attached hydrogens (tertiary/aromatic N) is 1. The molecule has 5 nitrogen and oxygen atoms in total. The molecule has 2 aromatic carbocycles. The van der Waals surface area contributed by atoms with Crippen molar-refractivity contribution in [2.45, 2.75) is 19.4 Å². The molecule has 0 heterocycles. The Hall–Kier alpha value is -1.94. The summed E-state index contributed by atoms with van der Waals surface area (Å²) in [5.74, 6) is -0.886. The van der Waals surface area contributed by atoms with E-state index in [-0.39, 0.29) is 42.9 Å². The summed E-state index contributed by atoms with van der Waals surface area (Å²) < 4.78 is 31.7. The molecule has 0 bridgehead atoms.